The van der Waals surface area contributed by atoms with Gasteiger partial charge in [0.05, 0.1) is 24.0 Å². The highest BCUT2D eigenvalue weighted by Crippen LogP contribution is 2.36. The van der Waals surface area contributed by atoms with Crippen molar-refractivity contribution in [3.05, 3.63) is 23.8 Å². The quantitative estimate of drug-likeness (QED) is 0.756. The zero-order chi connectivity index (χ0) is 19.1. The number of nitrogens with one attached hydrogen (secondary N) is 2. The molecule has 0 bridgehead atoms. The molecule has 26 heavy (non-hydrogen) atoms. The molecule has 8 nitrogen and oxygen atoms in total. The molecule has 1 aromatic rings. The lowest BCUT2D eigenvalue weighted by atomic mass is 9.99. The lowest BCUT2D eigenvalue weighted by molar-refractivity contribution is -0.156. The van der Waals surface area contributed by atoms with Crippen molar-refractivity contribution in [2.24, 2.45) is 0 Å². The van der Waals surface area contributed by atoms with Crippen LogP contribution in [0.5, 0.6) is 0 Å². The number of hydrogen-bond donors (Lipinski definition) is 2. The lowest BCUT2D eigenvalue weighted by Crippen LogP contribution is -2.66. The zero-order valence-corrected chi connectivity index (χ0v) is 15.3. The summed E-state index contributed by atoms with van der Waals surface area (Å²) in [5.41, 5.74) is 0.859. The first-order valence-electron chi connectivity index (χ1n) is 8.46. The summed E-state index contributed by atoms with van der Waals surface area (Å²) in [6.45, 7) is 6.20. The van der Waals surface area contributed by atoms with Crippen molar-refractivity contribution >= 4 is 29.2 Å². The fourth-order valence-electron chi connectivity index (χ4n) is 3.21. The van der Waals surface area contributed by atoms with Gasteiger partial charge in [-0.05, 0) is 39.0 Å². The Morgan fingerprint density at radius 3 is 2.62 bits per heavy atom. The first-order chi connectivity index (χ1) is 12.2. The summed E-state index contributed by atoms with van der Waals surface area (Å²) < 4.78 is 10.3. The normalized spacial score (nSPS) is 22.0. The second-order valence-electron chi connectivity index (χ2n) is 7.34. The molecule has 2 heterocycles. The van der Waals surface area contributed by atoms with Gasteiger partial charge >= 0.3 is 11.9 Å². The van der Waals surface area contributed by atoms with Crippen molar-refractivity contribution in [3.8, 4) is 0 Å². The Labute approximate surface area is 151 Å². The Morgan fingerprint density at radius 2 is 1.96 bits per heavy atom. The predicted octanol–water partition coefficient (Wildman–Crippen LogP) is 0.914. The minimum atomic E-state index is -0.637. The van der Waals surface area contributed by atoms with Crippen LogP contribution < -0.4 is 15.5 Å². The first kappa shape index (κ1) is 18.2. The summed E-state index contributed by atoms with van der Waals surface area (Å²) in [6.07, 6.45) is 0. The van der Waals surface area contributed by atoms with Crippen LogP contribution in [0.2, 0.25) is 0 Å². The van der Waals surface area contributed by atoms with E-state index >= 15 is 0 Å². The van der Waals surface area contributed by atoms with Gasteiger partial charge in [-0.15, -0.1) is 0 Å². The van der Waals surface area contributed by atoms with Gasteiger partial charge in [0.15, 0.2) is 0 Å². The van der Waals surface area contributed by atoms with Crippen molar-refractivity contribution in [2.45, 2.75) is 38.5 Å². The number of carbonyl (C=O) groups excluding carboxylic acids is 3. The van der Waals surface area contributed by atoms with Crippen LogP contribution in [-0.2, 0) is 19.1 Å². The second kappa shape index (κ2) is 6.60. The number of esters is 2. The van der Waals surface area contributed by atoms with E-state index in [2.05, 4.69) is 10.6 Å². The molecule has 1 amide bonds. The highest BCUT2D eigenvalue weighted by atomic mass is 16.6. The van der Waals surface area contributed by atoms with Crippen LogP contribution in [-0.4, -0.2) is 55.7 Å². The standard InChI is InChI=1S/C18H23N3O5/c1-18(2,3)26-17(24)14-9-19-8-13-15(22)20-11-7-10(16(23)25-4)5-6-12(11)21(13)14/h5-7,13-14,19H,8-9H2,1-4H3,(H,20,22). The van der Waals surface area contributed by atoms with E-state index in [9.17, 15) is 14.4 Å². The maximum absolute atomic E-state index is 12.7. The molecule has 8 heteroatoms. The summed E-state index contributed by atoms with van der Waals surface area (Å²) in [6, 6.07) is 3.73. The van der Waals surface area contributed by atoms with Gasteiger partial charge in [0.1, 0.15) is 17.7 Å². The van der Waals surface area contributed by atoms with E-state index in [1.807, 2.05) is 0 Å². The van der Waals surface area contributed by atoms with Crippen LogP contribution in [0.15, 0.2) is 18.2 Å². The molecule has 2 unspecified atom stereocenters. The average Bonchev–Trinajstić information content (AvgIpc) is 2.58. The van der Waals surface area contributed by atoms with Crippen molar-refractivity contribution in [1.29, 1.82) is 0 Å². The molecule has 0 aliphatic carbocycles. The molecule has 0 aromatic heterocycles. The van der Waals surface area contributed by atoms with E-state index in [0.29, 0.717) is 30.0 Å². The minimum absolute atomic E-state index is 0.236. The zero-order valence-electron chi connectivity index (χ0n) is 15.3. The minimum Gasteiger partial charge on any atom is -0.465 e. The molecule has 2 aliphatic rings. The van der Waals surface area contributed by atoms with E-state index < -0.39 is 29.6 Å². The van der Waals surface area contributed by atoms with E-state index in [1.165, 1.54) is 7.11 Å². The highest BCUT2D eigenvalue weighted by Gasteiger charge is 2.44. The van der Waals surface area contributed by atoms with Gasteiger partial charge in [-0.25, -0.2) is 9.59 Å². The maximum Gasteiger partial charge on any atom is 0.337 e. The molecule has 2 aliphatic heterocycles. The van der Waals surface area contributed by atoms with Crippen LogP contribution in [0.4, 0.5) is 11.4 Å². The summed E-state index contributed by atoms with van der Waals surface area (Å²) >= 11 is 0. The number of piperazine rings is 1. The molecule has 3 rings (SSSR count). The number of fused-ring (bicyclic) bond motifs is 3. The topological polar surface area (TPSA) is 97.0 Å². The molecular weight excluding hydrogens is 338 g/mol. The number of methoxy groups -OCH3 is 1. The fraction of sp³-hybridized carbons (Fsp3) is 0.500. The number of carbonyl (C=O) groups is 3. The van der Waals surface area contributed by atoms with E-state index in [-0.39, 0.29) is 5.91 Å². The molecule has 140 valence electrons. The smallest absolute Gasteiger partial charge is 0.337 e. The molecular formula is C18H23N3O5. The van der Waals surface area contributed by atoms with Gasteiger partial charge in [-0.2, -0.15) is 0 Å². The number of ether oxygens (including phenoxy) is 2. The SMILES string of the molecule is COC(=O)c1ccc2c(c1)NC(=O)C1CNCC(C(=O)OC(C)(C)C)N21. The Balaban J connectivity index is 1.99. The third-order valence-corrected chi connectivity index (χ3v) is 4.28. The molecule has 1 aromatic carbocycles. The van der Waals surface area contributed by atoms with Crippen LogP contribution in [0.1, 0.15) is 31.1 Å². The van der Waals surface area contributed by atoms with E-state index in [4.69, 9.17) is 9.47 Å². The summed E-state index contributed by atoms with van der Waals surface area (Å²) in [7, 11) is 1.30. The van der Waals surface area contributed by atoms with Gasteiger partial charge in [-0.1, -0.05) is 0 Å². The van der Waals surface area contributed by atoms with E-state index in [1.54, 1.807) is 43.9 Å². The average molecular weight is 361 g/mol. The van der Waals surface area contributed by atoms with Crippen molar-refractivity contribution < 1.29 is 23.9 Å². The van der Waals surface area contributed by atoms with Crippen molar-refractivity contribution in [1.82, 2.24) is 5.32 Å². The maximum atomic E-state index is 12.7. The lowest BCUT2D eigenvalue weighted by Gasteiger charge is -2.45. The van der Waals surface area contributed by atoms with Crippen LogP contribution in [0.3, 0.4) is 0 Å². The summed E-state index contributed by atoms with van der Waals surface area (Å²) in [4.78, 5) is 38.8. The Hall–Kier alpha value is -2.61. The number of benzene rings is 1. The summed E-state index contributed by atoms with van der Waals surface area (Å²) in [5.74, 6) is -1.12. The summed E-state index contributed by atoms with van der Waals surface area (Å²) in [5, 5.41) is 5.93. The van der Waals surface area contributed by atoms with Crippen LogP contribution in [0.25, 0.3) is 0 Å². The number of nitrogens with zero attached hydrogens (tertiary/aromatic N) is 1. The van der Waals surface area contributed by atoms with Crippen LogP contribution in [0, 0.1) is 0 Å². The monoisotopic (exact) mass is 361 g/mol. The second-order valence-corrected chi connectivity index (χ2v) is 7.34. The highest BCUT2D eigenvalue weighted by molar-refractivity contribution is 6.07. The Kier molecular flexibility index (Phi) is 4.62. The molecule has 1 saturated heterocycles. The largest absolute Gasteiger partial charge is 0.465 e. The molecule has 1 fully saturated rings. The number of rotatable bonds is 2. The fourth-order valence-corrected chi connectivity index (χ4v) is 3.21. The van der Waals surface area contributed by atoms with Gasteiger partial charge in [0.25, 0.3) is 0 Å². The Morgan fingerprint density at radius 1 is 1.23 bits per heavy atom. The van der Waals surface area contributed by atoms with E-state index in [0.717, 1.165) is 0 Å². The van der Waals surface area contributed by atoms with Gasteiger partial charge in [0.2, 0.25) is 5.91 Å². The number of anilines is 2. The first-order valence-corrected chi connectivity index (χ1v) is 8.46. The molecule has 0 spiro atoms. The van der Waals surface area contributed by atoms with Gasteiger partial charge in [0, 0.05) is 13.1 Å². The third kappa shape index (κ3) is 3.37. The number of hydrogen-bond acceptors (Lipinski definition) is 7. The van der Waals surface area contributed by atoms with Crippen molar-refractivity contribution in [3.63, 3.8) is 0 Å². The van der Waals surface area contributed by atoms with Crippen LogP contribution >= 0.6 is 0 Å². The van der Waals surface area contributed by atoms with Gasteiger partial charge in [-0.3, -0.25) is 4.79 Å². The molecule has 2 N–H and O–H groups in total. The van der Waals surface area contributed by atoms with Crippen molar-refractivity contribution in [2.75, 3.05) is 30.4 Å². The molecule has 2 atom stereocenters. The molecule has 0 saturated carbocycles. The molecule has 0 radical (unpaired) electrons. The van der Waals surface area contributed by atoms with Gasteiger partial charge < -0.3 is 25.0 Å². The predicted molar refractivity (Wildman–Crippen MR) is 95.2 cm³/mol. The third-order valence-electron chi connectivity index (χ3n) is 4.28. The number of amides is 1. The Bertz CT molecular complexity index is 756.